The molecule has 2 heterocycles. The summed E-state index contributed by atoms with van der Waals surface area (Å²) in [4.78, 5) is 48.0. The Morgan fingerprint density at radius 1 is 1.10 bits per heavy atom. The molecule has 0 bridgehead atoms. The quantitative estimate of drug-likeness (QED) is 0.262. The van der Waals surface area contributed by atoms with Crippen molar-refractivity contribution in [1.82, 2.24) is 19.5 Å². The highest BCUT2D eigenvalue weighted by Gasteiger charge is 2.41. The van der Waals surface area contributed by atoms with Crippen molar-refractivity contribution >= 4 is 40.4 Å². The monoisotopic (exact) mass is 485 g/mol. The van der Waals surface area contributed by atoms with E-state index in [1.165, 1.54) is 12.7 Å². The van der Waals surface area contributed by atoms with Crippen LogP contribution >= 0.6 is 23.5 Å². The normalized spacial score (nSPS) is 24.1. The number of phosphoric acid groups is 3. The zero-order valence-corrected chi connectivity index (χ0v) is 17.8. The van der Waals surface area contributed by atoms with E-state index in [1.807, 2.05) is 0 Å². The van der Waals surface area contributed by atoms with Crippen LogP contribution in [0.4, 0.5) is 5.82 Å². The summed E-state index contributed by atoms with van der Waals surface area (Å²) in [6, 6.07) is -0.265. The summed E-state index contributed by atoms with van der Waals surface area (Å²) in [5, 5.41) is 0. The highest BCUT2D eigenvalue weighted by atomic mass is 31.3. The van der Waals surface area contributed by atoms with Crippen LogP contribution in [0, 0.1) is 5.92 Å². The van der Waals surface area contributed by atoms with Gasteiger partial charge in [-0.3, -0.25) is 4.52 Å². The van der Waals surface area contributed by atoms with Gasteiger partial charge in [0.05, 0.1) is 19.0 Å². The van der Waals surface area contributed by atoms with Gasteiger partial charge in [0.2, 0.25) is 0 Å². The molecule has 18 heteroatoms. The lowest BCUT2D eigenvalue weighted by Crippen LogP contribution is -2.12. The van der Waals surface area contributed by atoms with Gasteiger partial charge in [0, 0.05) is 5.92 Å². The van der Waals surface area contributed by atoms with Crippen molar-refractivity contribution in [2.24, 2.45) is 5.92 Å². The number of anilines is 1. The van der Waals surface area contributed by atoms with Gasteiger partial charge in [-0.1, -0.05) is 6.58 Å². The summed E-state index contributed by atoms with van der Waals surface area (Å²) in [5.74, 6) is -0.219. The Morgan fingerprint density at radius 2 is 1.80 bits per heavy atom. The van der Waals surface area contributed by atoms with Crippen molar-refractivity contribution in [2.45, 2.75) is 18.9 Å². The van der Waals surface area contributed by atoms with Crippen LogP contribution in [-0.4, -0.2) is 45.7 Å². The lowest BCUT2D eigenvalue weighted by Gasteiger charge is -2.19. The van der Waals surface area contributed by atoms with Crippen molar-refractivity contribution in [3.05, 3.63) is 24.8 Å². The van der Waals surface area contributed by atoms with E-state index >= 15 is 0 Å². The standard InChI is InChI=1S/C12H18N5O10P3/c1-7-8(4-25-29(21,22)27-30(23,24)26-28(18,19)20)2-3-9(7)17-6-16-10-11(13)14-5-15-12(10)17/h5-6,8-9H,1-4H2,(H,21,22)(H,23,24)(H2,13,14,15)(H2,18,19,20)/t8-,9-/m0/s1. The number of nitrogens with two attached hydrogens (primary N) is 1. The van der Waals surface area contributed by atoms with E-state index in [9.17, 15) is 23.5 Å². The van der Waals surface area contributed by atoms with Crippen molar-refractivity contribution < 1.29 is 46.4 Å². The number of fused-ring (bicyclic) bond motifs is 1. The van der Waals surface area contributed by atoms with Crippen LogP contribution in [0.3, 0.4) is 0 Å². The number of imidazole rings is 1. The molecule has 0 aromatic carbocycles. The molecule has 3 rings (SSSR count). The van der Waals surface area contributed by atoms with Crippen LogP contribution in [0.5, 0.6) is 0 Å². The molecule has 0 amide bonds. The van der Waals surface area contributed by atoms with Crippen LogP contribution < -0.4 is 5.73 Å². The molecule has 1 saturated carbocycles. The first kappa shape index (κ1) is 23.2. The van der Waals surface area contributed by atoms with E-state index in [2.05, 4.69) is 30.2 Å². The maximum absolute atomic E-state index is 11.9. The zero-order chi connectivity index (χ0) is 22.3. The third kappa shape index (κ3) is 5.40. The fraction of sp³-hybridized carbons (Fsp3) is 0.417. The second-order valence-electron chi connectivity index (χ2n) is 6.33. The van der Waals surface area contributed by atoms with Crippen molar-refractivity contribution in [1.29, 1.82) is 0 Å². The molecule has 166 valence electrons. The van der Waals surface area contributed by atoms with Crippen LogP contribution in [0.2, 0.25) is 0 Å². The number of aromatic nitrogens is 4. The first-order chi connectivity index (χ1) is 13.8. The van der Waals surface area contributed by atoms with E-state index in [-0.39, 0.29) is 11.9 Å². The fourth-order valence-corrected chi connectivity index (χ4v) is 6.16. The van der Waals surface area contributed by atoms with Crippen LogP contribution in [-0.2, 0) is 26.8 Å². The number of nitrogens with zero attached hydrogens (tertiary/aromatic N) is 4. The molecule has 1 aliphatic rings. The Labute approximate surface area is 169 Å². The summed E-state index contributed by atoms with van der Waals surface area (Å²) >= 11 is 0. The Morgan fingerprint density at radius 3 is 2.47 bits per heavy atom. The number of hydrogen-bond acceptors (Lipinski definition) is 10. The molecular weight excluding hydrogens is 467 g/mol. The summed E-state index contributed by atoms with van der Waals surface area (Å²) in [6.45, 7) is 3.56. The van der Waals surface area contributed by atoms with Crippen LogP contribution in [0.25, 0.3) is 11.2 Å². The van der Waals surface area contributed by atoms with Crippen molar-refractivity contribution in [3.8, 4) is 0 Å². The Balaban J connectivity index is 1.65. The molecule has 0 spiro atoms. The second kappa shape index (κ2) is 8.21. The van der Waals surface area contributed by atoms with Crippen LogP contribution in [0.1, 0.15) is 18.9 Å². The maximum Gasteiger partial charge on any atom is 0.490 e. The molecule has 15 nitrogen and oxygen atoms in total. The predicted molar refractivity (Wildman–Crippen MR) is 100 cm³/mol. The molecular formula is C12H18N5O10P3. The Bertz CT molecular complexity index is 1120. The molecule has 2 unspecified atom stereocenters. The van der Waals surface area contributed by atoms with Crippen LogP contribution in [0.15, 0.2) is 24.8 Å². The first-order valence-corrected chi connectivity index (χ1v) is 12.7. The average Bonchev–Trinajstić information content (AvgIpc) is 3.14. The fourth-order valence-electron chi connectivity index (χ4n) is 3.10. The molecule has 4 atom stereocenters. The van der Waals surface area contributed by atoms with E-state index < -0.39 is 36.0 Å². The molecule has 0 saturated heterocycles. The topological polar surface area (TPSA) is 229 Å². The van der Waals surface area contributed by atoms with E-state index in [1.54, 1.807) is 4.57 Å². The number of phosphoric ester groups is 1. The zero-order valence-electron chi connectivity index (χ0n) is 15.1. The lowest BCUT2D eigenvalue weighted by atomic mass is 10.0. The minimum Gasteiger partial charge on any atom is -0.382 e. The molecule has 1 fully saturated rings. The predicted octanol–water partition coefficient (Wildman–Crippen LogP) is 1.26. The van der Waals surface area contributed by atoms with E-state index in [0.29, 0.717) is 29.6 Å². The number of rotatable bonds is 8. The summed E-state index contributed by atoms with van der Waals surface area (Å²) in [6.07, 6.45) is 3.87. The Hall–Kier alpha value is -1.50. The smallest absolute Gasteiger partial charge is 0.382 e. The van der Waals surface area contributed by atoms with Gasteiger partial charge in [0.15, 0.2) is 11.5 Å². The summed E-state index contributed by atoms with van der Waals surface area (Å²) < 4.78 is 47.7. The second-order valence-corrected chi connectivity index (χ2v) is 10.8. The molecule has 2 aromatic rings. The Kier molecular flexibility index (Phi) is 6.34. The van der Waals surface area contributed by atoms with Gasteiger partial charge in [-0.05, 0) is 18.4 Å². The molecule has 0 aliphatic heterocycles. The van der Waals surface area contributed by atoms with Gasteiger partial charge in [-0.2, -0.15) is 8.62 Å². The largest absolute Gasteiger partial charge is 0.490 e. The van der Waals surface area contributed by atoms with E-state index in [0.717, 1.165) is 0 Å². The lowest BCUT2D eigenvalue weighted by molar-refractivity contribution is 0.160. The third-order valence-electron chi connectivity index (χ3n) is 4.32. The first-order valence-electron chi connectivity index (χ1n) is 8.18. The van der Waals surface area contributed by atoms with Gasteiger partial charge in [-0.25, -0.2) is 28.6 Å². The van der Waals surface area contributed by atoms with E-state index in [4.69, 9.17) is 20.0 Å². The summed E-state index contributed by atoms with van der Waals surface area (Å²) in [5.41, 5.74) is 7.29. The molecule has 2 aromatic heterocycles. The highest BCUT2D eigenvalue weighted by Crippen LogP contribution is 2.66. The van der Waals surface area contributed by atoms with Crippen molar-refractivity contribution in [3.63, 3.8) is 0 Å². The van der Waals surface area contributed by atoms with Gasteiger partial charge in [0.25, 0.3) is 0 Å². The van der Waals surface area contributed by atoms with Gasteiger partial charge < -0.3 is 29.9 Å². The minimum atomic E-state index is -5.56. The van der Waals surface area contributed by atoms with Gasteiger partial charge >= 0.3 is 23.5 Å². The highest BCUT2D eigenvalue weighted by molar-refractivity contribution is 7.66. The SMILES string of the molecule is C=C1[C@H](COP(=O)(O)OP(=O)(O)OP(=O)(O)O)CC[C@@H]1n1cnc2c(N)ncnc21. The molecule has 6 N–H and O–H groups in total. The average molecular weight is 485 g/mol. The maximum atomic E-state index is 11.9. The number of hydrogen-bond donors (Lipinski definition) is 5. The molecule has 1 aliphatic carbocycles. The number of nitrogen functional groups attached to an aromatic ring is 1. The van der Waals surface area contributed by atoms with Gasteiger partial charge in [0.1, 0.15) is 11.8 Å². The van der Waals surface area contributed by atoms with Gasteiger partial charge in [-0.15, -0.1) is 0 Å². The third-order valence-corrected chi connectivity index (χ3v) is 8.12. The summed E-state index contributed by atoms with van der Waals surface area (Å²) in [7, 11) is -16.2. The minimum absolute atomic E-state index is 0.214. The molecule has 30 heavy (non-hydrogen) atoms. The van der Waals surface area contributed by atoms with Crippen molar-refractivity contribution in [2.75, 3.05) is 12.3 Å². The molecule has 0 radical (unpaired) electrons.